The minimum Gasteiger partial charge on any atom is -0.481 e. The molecular weight excluding hydrogens is 442 g/mol. The molecule has 0 radical (unpaired) electrons. The number of carbonyl (C=O) groups excluding carboxylic acids is 3. The van der Waals surface area contributed by atoms with Crippen LogP contribution < -0.4 is 27.8 Å². The molecule has 1 fully saturated rings. The van der Waals surface area contributed by atoms with Crippen LogP contribution >= 0.6 is 0 Å². The Hall–Kier alpha value is -3.46. The Morgan fingerprint density at radius 1 is 1.09 bits per heavy atom. The highest BCUT2D eigenvalue weighted by molar-refractivity contribution is 5.95. The lowest BCUT2D eigenvalue weighted by atomic mass is 10.1. The number of rotatable bonds is 13. The molecule has 0 aromatic heterocycles. The smallest absolute Gasteiger partial charge is 0.326 e. The number of carbonyl (C=O) groups is 5. The highest BCUT2D eigenvalue weighted by Crippen LogP contribution is 2.19. The molecule has 15 nitrogen and oxygen atoms in total. The molecule has 1 rings (SSSR count). The Balaban J connectivity index is 2.96. The number of carboxylic acid groups (broad SMARTS) is 2. The summed E-state index contributed by atoms with van der Waals surface area (Å²) in [5, 5.41) is 31.7. The van der Waals surface area contributed by atoms with Crippen molar-refractivity contribution in [1.82, 2.24) is 15.5 Å². The summed E-state index contributed by atoms with van der Waals surface area (Å²) >= 11 is 0. The lowest BCUT2D eigenvalue weighted by molar-refractivity contribution is -0.147. The van der Waals surface area contributed by atoms with Crippen LogP contribution in [0.3, 0.4) is 0 Å². The van der Waals surface area contributed by atoms with Crippen molar-refractivity contribution in [1.29, 1.82) is 0 Å². The number of nitrogens with two attached hydrogens (primary N) is 3. The first kappa shape index (κ1) is 27.6. The largest absolute Gasteiger partial charge is 0.481 e. The van der Waals surface area contributed by atoms with Gasteiger partial charge in [-0.2, -0.15) is 0 Å². The number of hydrogen-bond acceptors (Lipinski definition) is 8. The average molecular weight is 473 g/mol. The molecule has 0 aromatic rings. The molecule has 186 valence electrons. The van der Waals surface area contributed by atoms with Gasteiger partial charge in [0.25, 0.3) is 0 Å². The minimum absolute atomic E-state index is 0.00455. The molecule has 4 unspecified atom stereocenters. The fourth-order valence-electron chi connectivity index (χ4n) is 3.28. The Morgan fingerprint density at radius 2 is 1.76 bits per heavy atom. The van der Waals surface area contributed by atoms with Gasteiger partial charge in [-0.05, 0) is 25.7 Å². The third kappa shape index (κ3) is 8.89. The Kier molecular flexibility index (Phi) is 11.0. The van der Waals surface area contributed by atoms with Crippen LogP contribution in [-0.4, -0.2) is 99.7 Å². The third-order valence-corrected chi connectivity index (χ3v) is 4.92. The van der Waals surface area contributed by atoms with Crippen molar-refractivity contribution in [2.24, 2.45) is 22.2 Å². The number of nitrogens with zero attached hydrogens (tertiary/aromatic N) is 2. The van der Waals surface area contributed by atoms with Gasteiger partial charge >= 0.3 is 11.9 Å². The molecule has 1 saturated heterocycles. The first-order valence-electron chi connectivity index (χ1n) is 10.3. The number of aliphatic hydroxyl groups is 1. The molecule has 4 atom stereocenters. The molecule has 0 aromatic carbocycles. The zero-order valence-electron chi connectivity index (χ0n) is 18.0. The van der Waals surface area contributed by atoms with E-state index in [0.717, 1.165) is 0 Å². The fourth-order valence-corrected chi connectivity index (χ4v) is 3.28. The van der Waals surface area contributed by atoms with E-state index < -0.39 is 66.9 Å². The van der Waals surface area contributed by atoms with Gasteiger partial charge in [0.1, 0.15) is 24.2 Å². The highest BCUT2D eigenvalue weighted by atomic mass is 16.4. The molecule has 1 aliphatic heterocycles. The second kappa shape index (κ2) is 13.2. The summed E-state index contributed by atoms with van der Waals surface area (Å²) in [6, 6.07) is -5.08. The van der Waals surface area contributed by atoms with Gasteiger partial charge in [0.15, 0.2) is 5.96 Å². The van der Waals surface area contributed by atoms with Crippen molar-refractivity contribution < 1.29 is 39.3 Å². The predicted molar refractivity (Wildman–Crippen MR) is 113 cm³/mol. The SMILES string of the molecule is NC(N)=NCCCC(NC(=O)C1CCCN1C(=O)C(N)CO)C(=O)NC(CC(=O)O)C(=O)O. The number of guanidine groups is 1. The first-order chi connectivity index (χ1) is 15.5. The summed E-state index contributed by atoms with van der Waals surface area (Å²) in [6.07, 6.45) is 0.178. The molecule has 0 aliphatic carbocycles. The number of carboxylic acids is 2. The number of hydrogen-bond donors (Lipinski definition) is 8. The van der Waals surface area contributed by atoms with E-state index in [0.29, 0.717) is 12.8 Å². The standard InChI is InChI=1S/C18H31N7O8/c19-9(8-26)16(31)25-6-2-4-12(25)15(30)23-10(3-1-5-22-18(20)21)14(29)24-11(17(32)33)7-13(27)28/h9-12,26H,1-8,19H2,(H,23,30)(H,24,29)(H,27,28)(H,32,33)(H4,20,21,22). The van der Waals surface area contributed by atoms with Crippen LogP contribution in [0.5, 0.6) is 0 Å². The molecular formula is C18H31N7O8. The highest BCUT2D eigenvalue weighted by Gasteiger charge is 2.37. The maximum absolute atomic E-state index is 12.9. The molecule has 1 aliphatic rings. The molecule has 0 saturated carbocycles. The van der Waals surface area contributed by atoms with Gasteiger partial charge in [-0.1, -0.05) is 0 Å². The first-order valence-corrected chi connectivity index (χ1v) is 10.3. The number of likely N-dealkylation sites (tertiary alicyclic amines) is 1. The van der Waals surface area contributed by atoms with E-state index in [1.807, 2.05) is 0 Å². The Bertz CT molecular complexity index is 771. The lowest BCUT2D eigenvalue weighted by Crippen LogP contribution is -2.57. The minimum atomic E-state index is -1.71. The van der Waals surface area contributed by atoms with Gasteiger partial charge in [0.05, 0.1) is 13.0 Å². The average Bonchev–Trinajstić information content (AvgIpc) is 3.23. The van der Waals surface area contributed by atoms with Gasteiger partial charge < -0.3 is 48.1 Å². The van der Waals surface area contributed by atoms with E-state index in [-0.39, 0.29) is 31.9 Å². The maximum atomic E-state index is 12.9. The Labute approximate surface area is 189 Å². The molecule has 3 amide bonds. The molecule has 15 heteroatoms. The normalized spacial score (nSPS) is 18.0. The van der Waals surface area contributed by atoms with Crippen molar-refractivity contribution in [2.75, 3.05) is 19.7 Å². The summed E-state index contributed by atoms with van der Waals surface area (Å²) in [4.78, 5) is 65.0. The van der Waals surface area contributed by atoms with Crippen LogP contribution in [0.15, 0.2) is 4.99 Å². The predicted octanol–water partition coefficient (Wildman–Crippen LogP) is -4.12. The third-order valence-electron chi connectivity index (χ3n) is 4.92. The molecule has 11 N–H and O–H groups in total. The summed E-state index contributed by atoms with van der Waals surface area (Å²) in [6.45, 7) is -0.232. The van der Waals surface area contributed by atoms with E-state index in [4.69, 9.17) is 32.5 Å². The van der Waals surface area contributed by atoms with Crippen molar-refractivity contribution in [3.63, 3.8) is 0 Å². The Morgan fingerprint density at radius 3 is 2.30 bits per heavy atom. The van der Waals surface area contributed by atoms with Crippen LogP contribution in [0.4, 0.5) is 0 Å². The van der Waals surface area contributed by atoms with Gasteiger partial charge in [0.2, 0.25) is 17.7 Å². The van der Waals surface area contributed by atoms with Gasteiger partial charge in [0, 0.05) is 13.1 Å². The summed E-state index contributed by atoms with van der Waals surface area (Å²) in [5.41, 5.74) is 16.1. The number of aliphatic imine (C=N–C) groups is 1. The second-order valence-corrected chi connectivity index (χ2v) is 7.49. The van der Waals surface area contributed by atoms with Crippen LogP contribution in [0, 0.1) is 0 Å². The fraction of sp³-hybridized carbons (Fsp3) is 0.667. The number of amides is 3. The van der Waals surface area contributed by atoms with Gasteiger partial charge in [-0.15, -0.1) is 0 Å². The lowest BCUT2D eigenvalue weighted by Gasteiger charge is -2.28. The van der Waals surface area contributed by atoms with E-state index in [2.05, 4.69) is 15.6 Å². The summed E-state index contributed by atoms with van der Waals surface area (Å²) in [5.74, 6) is -5.36. The number of aliphatic hydroxyl groups excluding tert-OH is 1. The number of aliphatic carboxylic acids is 2. The summed E-state index contributed by atoms with van der Waals surface area (Å²) < 4.78 is 0. The van der Waals surface area contributed by atoms with Gasteiger partial charge in [-0.25, -0.2) is 4.79 Å². The van der Waals surface area contributed by atoms with E-state index in [1.54, 1.807) is 0 Å². The van der Waals surface area contributed by atoms with Crippen molar-refractivity contribution >= 4 is 35.6 Å². The molecule has 0 bridgehead atoms. The molecule has 0 spiro atoms. The van der Waals surface area contributed by atoms with Crippen molar-refractivity contribution in [2.45, 2.75) is 56.3 Å². The van der Waals surface area contributed by atoms with Crippen molar-refractivity contribution in [3.8, 4) is 0 Å². The van der Waals surface area contributed by atoms with Crippen LogP contribution in [0.2, 0.25) is 0 Å². The monoisotopic (exact) mass is 473 g/mol. The zero-order chi connectivity index (χ0) is 25.1. The zero-order valence-corrected chi connectivity index (χ0v) is 18.0. The van der Waals surface area contributed by atoms with E-state index in [1.165, 1.54) is 4.90 Å². The van der Waals surface area contributed by atoms with E-state index >= 15 is 0 Å². The van der Waals surface area contributed by atoms with Crippen LogP contribution in [-0.2, 0) is 24.0 Å². The summed E-state index contributed by atoms with van der Waals surface area (Å²) in [7, 11) is 0. The van der Waals surface area contributed by atoms with Crippen LogP contribution in [0.1, 0.15) is 32.1 Å². The molecule has 33 heavy (non-hydrogen) atoms. The van der Waals surface area contributed by atoms with Gasteiger partial charge in [-0.3, -0.25) is 24.2 Å². The molecule has 1 heterocycles. The van der Waals surface area contributed by atoms with Crippen molar-refractivity contribution in [3.05, 3.63) is 0 Å². The topological polar surface area (TPSA) is 264 Å². The van der Waals surface area contributed by atoms with Crippen LogP contribution in [0.25, 0.3) is 0 Å². The maximum Gasteiger partial charge on any atom is 0.326 e. The van der Waals surface area contributed by atoms with E-state index in [9.17, 15) is 24.0 Å². The number of nitrogens with one attached hydrogen (secondary N) is 2. The quantitative estimate of drug-likeness (QED) is 0.0723. The second-order valence-electron chi connectivity index (χ2n) is 7.49.